The predicted octanol–water partition coefficient (Wildman–Crippen LogP) is 4.20. The molecule has 1 atom stereocenters. The van der Waals surface area contributed by atoms with Gasteiger partial charge in [-0.15, -0.1) is 11.8 Å². The Bertz CT molecular complexity index is 657. The summed E-state index contributed by atoms with van der Waals surface area (Å²) < 4.78 is 11.3. The highest BCUT2D eigenvalue weighted by Gasteiger charge is 2.04. The molecular weight excluding hydrogens is 338 g/mol. The van der Waals surface area contributed by atoms with Crippen LogP contribution in [0.15, 0.2) is 58.3 Å². The van der Waals surface area contributed by atoms with Gasteiger partial charge in [-0.1, -0.05) is 11.6 Å². The number of hydrogen-bond acceptors (Lipinski definition) is 3. The summed E-state index contributed by atoms with van der Waals surface area (Å²) in [7, 11) is -1.00. The number of thioether (sulfide) groups is 1. The number of amides is 1. The van der Waals surface area contributed by atoms with E-state index in [2.05, 4.69) is 5.32 Å². The number of carbonyl (C=O) groups excluding carboxylic acids is 1. The van der Waals surface area contributed by atoms with Crippen molar-refractivity contribution in [3.8, 4) is 0 Å². The molecular formula is C16H16ClNO2S2. The molecule has 0 heterocycles. The smallest absolute Gasteiger partial charge is 0.225 e. The van der Waals surface area contributed by atoms with Gasteiger partial charge in [0, 0.05) is 49.7 Å². The van der Waals surface area contributed by atoms with Crippen molar-refractivity contribution in [2.24, 2.45) is 0 Å². The molecule has 0 unspecified atom stereocenters. The SMILES string of the molecule is C[S@@](=O)c1ccc(NC(=O)CCSc2ccc(Cl)cc2)cc1. The van der Waals surface area contributed by atoms with Gasteiger partial charge in [0.05, 0.1) is 0 Å². The van der Waals surface area contributed by atoms with Crippen LogP contribution in [0.2, 0.25) is 5.02 Å². The fraction of sp³-hybridized carbons (Fsp3) is 0.188. The maximum absolute atomic E-state index is 11.9. The van der Waals surface area contributed by atoms with Crippen LogP contribution in [0.25, 0.3) is 0 Å². The second-order valence-corrected chi connectivity index (χ2v) is 7.56. The van der Waals surface area contributed by atoms with Gasteiger partial charge in [-0.3, -0.25) is 9.00 Å². The van der Waals surface area contributed by atoms with Gasteiger partial charge < -0.3 is 5.32 Å². The van der Waals surface area contributed by atoms with Crippen molar-refractivity contribution < 1.29 is 9.00 Å². The van der Waals surface area contributed by atoms with Gasteiger partial charge in [-0.05, 0) is 48.5 Å². The number of carbonyl (C=O) groups is 1. The summed E-state index contributed by atoms with van der Waals surface area (Å²) in [6.45, 7) is 0. The summed E-state index contributed by atoms with van der Waals surface area (Å²) in [5.41, 5.74) is 0.718. The van der Waals surface area contributed by atoms with Crippen LogP contribution >= 0.6 is 23.4 Å². The zero-order valence-corrected chi connectivity index (χ0v) is 14.4. The van der Waals surface area contributed by atoms with E-state index in [1.54, 1.807) is 42.3 Å². The van der Waals surface area contributed by atoms with E-state index in [4.69, 9.17) is 11.6 Å². The highest BCUT2D eigenvalue weighted by atomic mass is 35.5. The van der Waals surface area contributed by atoms with Gasteiger partial charge in [-0.25, -0.2) is 0 Å². The molecule has 0 aliphatic carbocycles. The third-order valence-corrected chi connectivity index (χ3v) is 5.08. The lowest BCUT2D eigenvalue weighted by Crippen LogP contribution is -2.12. The van der Waals surface area contributed by atoms with E-state index < -0.39 is 10.8 Å². The minimum absolute atomic E-state index is 0.0353. The molecule has 0 aliphatic rings. The lowest BCUT2D eigenvalue weighted by atomic mass is 10.3. The van der Waals surface area contributed by atoms with Crippen LogP contribution in [0.4, 0.5) is 5.69 Å². The molecule has 22 heavy (non-hydrogen) atoms. The monoisotopic (exact) mass is 353 g/mol. The van der Waals surface area contributed by atoms with Gasteiger partial charge in [0.15, 0.2) is 0 Å². The molecule has 116 valence electrons. The van der Waals surface area contributed by atoms with Gasteiger partial charge in [0.2, 0.25) is 5.91 Å². The lowest BCUT2D eigenvalue weighted by molar-refractivity contribution is -0.115. The van der Waals surface area contributed by atoms with Gasteiger partial charge in [-0.2, -0.15) is 0 Å². The Labute approximate surface area is 141 Å². The summed E-state index contributed by atoms with van der Waals surface area (Å²) in [5, 5.41) is 3.54. The molecule has 0 saturated carbocycles. The van der Waals surface area contributed by atoms with Crippen LogP contribution in [0.5, 0.6) is 0 Å². The number of halogens is 1. The van der Waals surface area contributed by atoms with Crippen molar-refractivity contribution in [1.29, 1.82) is 0 Å². The topological polar surface area (TPSA) is 46.2 Å². The highest BCUT2D eigenvalue weighted by Crippen LogP contribution is 2.21. The third-order valence-electron chi connectivity index (χ3n) is 2.88. The molecule has 0 bridgehead atoms. The summed E-state index contributed by atoms with van der Waals surface area (Å²) in [6, 6.07) is 14.6. The maximum Gasteiger partial charge on any atom is 0.225 e. The van der Waals surface area contributed by atoms with Crippen molar-refractivity contribution >= 4 is 45.8 Å². The summed E-state index contributed by atoms with van der Waals surface area (Å²) in [5.74, 6) is 0.664. The first-order chi connectivity index (χ1) is 10.5. The number of anilines is 1. The zero-order chi connectivity index (χ0) is 15.9. The second kappa shape index (κ2) is 8.36. The van der Waals surface area contributed by atoms with E-state index in [1.807, 2.05) is 24.3 Å². The molecule has 1 amide bonds. The van der Waals surface area contributed by atoms with E-state index >= 15 is 0 Å². The van der Waals surface area contributed by atoms with Crippen LogP contribution in [-0.4, -0.2) is 22.1 Å². The van der Waals surface area contributed by atoms with Gasteiger partial charge in [0.25, 0.3) is 0 Å². The first kappa shape index (κ1) is 17.1. The van der Waals surface area contributed by atoms with Crippen molar-refractivity contribution in [3.63, 3.8) is 0 Å². The highest BCUT2D eigenvalue weighted by molar-refractivity contribution is 7.99. The minimum atomic E-state index is -1.00. The van der Waals surface area contributed by atoms with E-state index in [0.29, 0.717) is 17.2 Å². The van der Waals surface area contributed by atoms with E-state index in [0.717, 1.165) is 15.5 Å². The average Bonchev–Trinajstić information content (AvgIpc) is 2.50. The quantitative estimate of drug-likeness (QED) is 0.792. The third kappa shape index (κ3) is 5.48. The fourth-order valence-electron chi connectivity index (χ4n) is 1.75. The van der Waals surface area contributed by atoms with Gasteiger partial charge in [0.1, 0.15) is 0 Å². The summed E-state index contributed by atoms with van der Waals surface area (Å²) in [6.07, 6.45) is 2.05. The molecule has 1 N–H and O–H groups in total. The number of rotatable bonds is 6. The molecule has 2 rings (SSSR count). The van der Waals surface area contributed by atoms with Crippen molar-refractivity contribution in [2.45, 2.75) is 16.2 Å². The van der Waals surface area contributed by atoms with E-state index in [9.17, 15) is 9.00 Å². The summed E-state index contributed by atoms with van der Waals surface area (Å²) >= 11 is 7.44. The van der Waals surface area contributed by atoms with Crippen molar-refractivity contribution in [1.82, 2.24) is 0 Å². The molecule has 0 aliphatic heterocycles. The van der Waals surface area contributed by atoms with Gasteiger partial charge >= 0.3 is 0 Å². The Morgan fingerprint density at radius 2 is 1.77 bits per heavy atom. The first-order valence-corrected chi connectivity index (χ1v) is 9.58. The molecule has 2 aromatic carbocycles. The normalized spacial score (nSPS) is 11.9. The maximum atomic E-state index is 11.9. The summed E-state index contributed by atoms with van der Waals surface area (Å²) in [4.78, 5) is 13.7. The Hall–Kier alpha value is -1.30. The Balaban J connectivity index is 1.77. The standard InChI is InChI=1S/C16H16ClNO2S2/c1-22(20)15-8-4-13(5-9-15)18-16(19)10-11-21-14-6-2-12(17)3-7-14/h2-9H,10-11H2,1H3,(H,18,19)/t22-/m1/s1. The van der Waals surface area contributed by atoms with E-state index in [1.165, 1.54) is 0 Å². The number of benzene rings is 2. The average molecular weight is 354 g/mol. The largest absolute Gasteiger partial charge is 0.326 e. The fourth-order valence-corrected chi connectivity index (χ4v) is 3.24. The first-order valence-electron chi connectivity index (χ1n) is 6.66. The second-order valence-electron chi connectivity index (χ2n) is 4.58. The molecule has 0 fully saturated rings. The zero-order valence-electron chi connectivity index (χ0n) is 12.0. The van der Waals surface area contributed by atoms with Crippen LogP contribution < -0.4 is 5.32 Å². The molecule has 0 spiro atoms. The van der Waals surface area contributed by atoms with Crippen LogP contribution in [0, 0.1) is 0 Å². The van der Waals surface area contributed by atoms with Crippen molar-refractivity contribution in [2.75, 3.05) is 17.3 Å². The van der Waals surface area contributed by atoms with E-state index in [-0.39, 0.29) is 5.91 Å². The molecule has 3 nitrogen and oxygen atoms in total. The van der Waals surface area contributed by atoms with Crippen LogP contribution in [-0.2, 0) is 15.6 Å². The Morgan fingerprint density at radius 3 is 2.36 bits per heavy atom. The number of nitrogens with one attached hydrogen (secondary N) is 1. The molecule has 6 heteroatoms. The van der Waals surface area contributed by atoms with Crippen LogP contribution in [0.1, 0.15) is 6.42 Å². The Morgan fingerprint density at radius 1 is 1.14 bits per heavy atom. The number of hydrogen-bond donors (Lipinski definition) is 1. The molecule has 0 aromatic heterocycles. The van der Waals surface area contributed by atoms with Crippen LogP contribution in [0.3, 0.4) is 0 Å². The molecule has 0 saturated heterocycles. The molecule has 0 radical (unpaired) electrons. The van der Waals surface area contributed by atoms with Crippen molar-refractivity contribution in [3.05, 3.63) is 53.6 Å². The molecule has 2 aromatic rings. The predicted molar refractivity (Wildman–Crippen MR) is 94.2 cm³/mol. The minimum Gasteiger partial charge on any atom is -0.326 e. The Kier molecular flexibility index (Phi) is 6.49. The lowest BCUT2D eigenvalue weighted by Gasteiger charge is -2.06.